The third kappa shape index (κ3) is 5.92. The maximum Gasteiger partial charge on any atom is 0.340 e. The van der Waals surface area contributed by atoms with Crippen LogP contribution in [-0.2, 0) is 33.3 Å². The van der Waals surface area contributed by atoms with Crippen molar-refractivity contribution in [2.75, 3.05) is 21.3 Å². The summed E-state index contributed by atoms with van der Waals surface area (Å²) in [6, 6.07) is 8.98. The Hall–Kier alpha value is -2.67. The fourth-order valence-corrected chi connectivity index (χ4v) is 2.63. The molecule has 154 valence electrons. The Balaban J connectivity index is 3.03. The summed E-state index contributed by atoms with van der Waals surface area (Å²) in [4.78, 5) is 36.7. The number of ether oxygens (including phenoxy) is 4. The molecule has 0 saturated carbocycles. The van der Waals surface area contributed by atoms with Crippen LogP contribution >= 0.6 is 0 Å². The largest absolute Gasteiger partial charge is 0.468 e. The summed E-state index contributed by atoms with van der Waals surface area (Å²) in [6.45, 7) is 3.31. The third-order valence-corrected chi connectivity index (χ3v) is 4.26. The molecule has 28 heavy (non-hydrogen) atoms. The van der Waals surface area contributed by atoms with Gasteiger partial charge >= 0.3 is 17.9 Å². The van der Waals surface area contributed by atoms with Gasteiger partial charge < -0.3 is 18.9 Å². The van der Waals surface area contributed by atoms with Crippen LogP contribution in [0.5, 0.6) is 0 Å². The molecule has 0 N–H and O–H groups in total. The van der Waals surface area contributed by atoms with Crippen molar-refractivity contribution in [3.63, 3.8) is 0 Å². The zero-order chi connectivity index (χ0) is 21.2. The first-order valence-corrected chi connectivity index (χ1v) is 8.98. The number of hydrogen-bond acceptors (Lipinski definition) is 7. The first-order chi connectivity index (χ1) is 13.3. The van der Waals surface area contributed by atoms with Gasteiger partial charge in [0.15, 0.2) is 11.5 Å². The van der Waals surface area contributed by atoms with Gasteiger partial charge in [-0.05, 0) is 25.0 Å². The highest BCUT2D eigenvalue weighted by Gasteiger charge is 2.41. The predicted molar refractivity (Wildman–Crippen MR) is 102 cm³/mol. The van der Waals surface area contributed by atoms with E-state index in [1.807, 2.05) is 13.0 Å². The number of benzene rings is 1. The number of rotatable bonds is 10. The fraction of sp³-hybridized carbons (Fsp3) is 0.476. The standard InChI is InChI=1S/C21H28O7/c1-6-10-16(13-14-21(2,19(23)26-4)20(24)27-5)28-18(22)17(25-3)15-11-8-7-9-12-15/h7-9,11-14,16-17H,6,10H2,1-5H3/b14-13+/t16-,17-/m1/s1. The molecule has 2 atom stereocenters. The summed E-state index contributed by atoms with van der Waals surface area (Å²) in [7, 11) is 3.79. The lowest BCUT2D eigenvalue weighted by molar-refractivity contribution is -0.163. The zero-order valence-corrected chi connectivity index (χ0v) is 17.0. The normalized spacial score (nSPS) is 13.6. The maximum atomic E-state index is 12.6. The Morgan fingerprint density at radius 3 is 2.07 bits per heavy atom. The Morgan fingerprint density at radius 1 is 1.04 bits per heavy atom. The molecule has 0 spiro atoms. The van der Waals surface area contributed by atoms with Crippen LogP contribution in [0.3, 0.4) is 0 Å². The SMILES string of the molecule is CCC[C@H](/C=C/C(C)(C(=O)OC)C(=O)OC)OC(=O)[C@H](OC)c1ccccc1. The molecular weight excluding hydrogens is 364 g/mol. The minimum absolute atomic E-state index is 0.506. The second-order valence-electron chi connectivity index (χ2n) is 6.34. The number of carbonyl (C=O) groups is 3. The van der Waals surface area contributed by atoms with Gasteiger partial charge in [0.05, 0.1) is 14.2 Å². The van der Waals surface area contributed by atoms with E-state index in [0.717, 1.165) is 6.42 Å². The third-order valence-electron chi connectivity index (χ3n) is 4.26. The Bertz CT molecular complexity index is 665. The van der Waals surface area contributed by atoms with E-state index in [2.05, 4.69) is 0 Å². The molecule has 7 heteroatoms. The van der Waals surface area contributed by atoms with Crippen LogP contribution in [0, 0.1) is 5.41 Å². The van der Waals surface area contributed by atoms with Gasteiger partial charge in [-0.15, -0.1) is 0 Å². The van der Waals surface area contributed by atoms with Crippen molar-refractivity contribution in [3.8, 4) is 0 Å². The molecule has 0 heterocycles. The summed E-state index contributed by atoms with van der Waals surface area (Å²) in [5.74, 6) is -2.10. The molecule has 0 aliphatic carbocycles. The van der Waals surface area contributed by atoms with Gasteiger partial charge in [-0.3, -0.25) is 9.59 Å². The monoisotopic (exact) mass is 392 g/mol. The van der Waals surface area contributed by atoms with Gasteiger partial charge in [0.1, 0.15) is 6.10 Å². The molecule has 1 aromatic carbocycles. The molecule has 1 aromatic rings. The highest BCUT2D eigenvalue weighted by Crippen LogP contribution is 2.25. The maximum absolute atomic E-state index is 12.6. The van der Waals surface area contributed by atoms with Crippen LogP contribution in [0.4, 0.5) is 0 Å². The van der Waals surface area contributed by atoms with Crippen LogP contribution in [0.1, 0.15) is 38.4 Å². The molecule has 0 fully saturated rings. The Morgan fingerprint density at radius 2 is 1.61 bits per heavy atom. The number of carbonyl (C=O) groups excluding carboxylic acids is 3. The molecule has 7 nitrogen and oxygen atoms in total. The number of methoxy groups -OCH3 is 3. The molecule has 0 aromatic heterocycles. The smallest absolute Gasteiger partial charge is 0.340 e. The molecule has 0 radical (unpaired) electrons. The van der Waals surface area contributed by atoms with Crippen LogP contribution in [0.15, 0.2) is 42.5 Å². The van der Waals surface area contributed by atoms with E-state index < -0.39 is 35.5 Å². The van der Waals surface area contributed by atoms with Crippen molar-refractivity contribution in [1.29, 1.82) is 0 Å². The topological polar surface area (TPSA) is 88.1 Å². The van der Waals surface area contributed by atoms with Crippen molar-refractivity contribution < 1.29 is 33.3 Å². The second kappa shape index (κ2) is 11.2. The van der Waals surface area contributed by atoms with E-state index in [9.17, 15) is 14.4 Å². The zero-order valence-electron chi connectivity index (χ0n) is 17.0. The first-order valence-electron chi connectivity index (χ1n) is 8.98. The lowest BCUT2D eigenvalue weighted by Crippen LogP contribution is -2.37. The predicted octanol–water partition coefficient (Wildman–Crippen LogP) is 2.99. The minimum atomic E-state index is -1.64. The van der Waals surface area contributed by atoms with Gasteiger partial charge in [0, 0.05) is 7.11 Å². The van der Waals surface area contributed by atoms with Crippen molar-refractivity contribution in [2.45, 2.75) is 38.9 Å². The van der Waals surface area contributed by atoms with Crippen LogP contribution in [0.25, 0.3) is 0 Å². The molecule has 0 unspecified atom stereocenters. The van der Waals surface area contributed by atoms with Crippen molar-refractivity contribution >= 4 is 17.9 Å². The van der Waals surface area contributed by atoms with Crippen LogP contribution < -0.4 is 0 Å². The first kappa shape index (κ1) is 23.4. The van der Waals surface area contributed by atoms with Gasteiger partial charge in [0.25, 0.3) is 0 Å². The van der Waals surface area contributed by atoms with Gasteiger partial charge in [-0.25, -0.2) is 4.79 Å². The van der Waals surface area contributed by atoms with E-state index in [-0.39, 0.29) is 0 Å². The quantitative estimate of drug-likeness (QED) is 0.262. The molecule has 1 rings (SSSR count). The number of esters is 3. The van der Waals surface area contributed by atoms with Gasteiger partial charge in [-0.2, -0.15) is 0 Å². The average Bonchev–Trinajstić information content (AvgIpc) is 2.71. The highest BCUT2D eigenvalue weighted by molar-refractivity contribution is 6.01. The molecule has 0 amide bonds. The van der Waals surface area contributed by atoms with E-state index in [0.29, 0.717) is 12.0 Å². The fourth-order valence-electron chi connectivity index (χ4n) is 2.63. The Labute approximate surface area is 165 Å². The lowest BCUT2D eigenvalue weighted by Gasteiger charge is -2.22. The number of hydrogen-bond donors (Lipinski definition) is 0. The van der Waals surface area contributed by atoms with E-state index >= 15 is 0 Å². The summed E-state index contributed by atoms with van der Waals surface area (Å²) in [6.07, 6.45) is 2.56. The van der Waals surface area contributed by atoms with E-state index in [1.165, 1.54) is 40.4 Å². The van der Waals surface area contributed by atoms with Crippen LogP contribution in [-0.4, -0.2) is 45.3 Å². The molecule has 0 saturated heterocycles. The minimum Gasteiger partial charge on any atom is -0.468 e. The average molecular weight is 392 g/mol. The van der Waals surface area contributed by atoms with Crippen molar-refractivity contribution in [1.82, 2.24) is 0 Å². The Kier molecular flexibility index (Phi) is 9.38. The summed E-state index contributed by atoms with van der Waals surface area (Å²) >= 11 is 0. The lowest BCUT2D eigenvalue weighted by atomic mass is 9.89. The second-order valence-corrected chi connectivity index (χ2v) is 6.34. The molecule has 0 aliphatic heterocycles. The molecule has 0 aliphatic rings. The van der Waals surface area contributed by atoms with E-state index in [4.69, 9.17) is 18.9 Å². The molecular formula is C21H28O7. The summed E-state index contributed by atoms with van der Waals surface area (Å²) < 4.78 is 20.3. The van der Waals surface area contributed by atoms with Crippen LogP contribution in [0.2, 0.25) is 0 Å². The van der Waals surface area contributed by atoms with E-state index in [1.54, 1.807) is 24.3 Å². The van der Waals surface area contributed by atoms with Crippen molar-refractivity contribution in [3.05, 3.63) is 48.0 Å². The van der Waals surface area contributed by atoms with Crippen molar-refractivity contribution in [2.24, 2.45) is 5.41 Å². The molecule has 0 bridgehead atoms. The highest BCUT2D eigenvalue weighted by atomic mass is 16.6. The summed E-state index contributed by atoms with van der Waals surface area (Å²) in [5.41, 5.74) is -0.967. The van der Waals surface area contributed by atoms with Gasteiger partial charge in [0.2, 0.25) is 0 Å². The van der Waals surface area contributed by atoms with Gasteiger partial charge in [-0.1, -0.05) is 49.8 Å². The summed E-state index contributed by atoms with van der Waals surface area (Å²) in [5, 5.41) is 0.